The van der Waals surface area contributed by atoms with Crippen molar-refractivity contribution in [3.63, 3.8) is 0 Å². The number of nitrogens with zero attached hydrogens (tertiary/aromatic N) is 1. The van der Waals surface area contributed by atoms with Crippen molar-refractivity contribution in [2.45, 2.75) is 24.3 Å². The SMILES string of the molecule is O=C1CCCN1Cc1cccc(NS(=O)(=O)c2ccc(Cl)cc2F)c1. The van der Waals surface area contributed by atoms with Gasteiger partial charge < -0.3 is 4.90 Å². The van der Waals surface area contributed by atoms with Crippen LogP contribution in [0.2, 0.25) is 5.02 Å². The number of carbonyl (C=O) groups is 1. The molecule has 1 aliphatic heterocycles. The van der Waals surface area contributed by atoms with Crippen LogP contribution >= 0.6 is 11.6 Å². The van der Waals surface area contributed by atoms with Crippen LogP contribution < -0.4 is 4.72 Å². The summed E-state index contributed by atoms with van der Waals surface area (Å²) in [4.78, 5) is 13.0. The number of hydrogen-bond acceptors (Lipinski definition) is 3. The van der Waals surface area contributed by atoms with E-state index < -0.39 is 20.7 Å². The number of rotatable bonds is 5. The van der Waals surface area contributed by atoms with E-state index in [1.807, 2.05) is 6.07 Å². The molecule has 8 heteroatoms. The zero-order valence-electron chi connectivity index (χ0n) is 13.2. The van der Waals surface area contributed by atoms with E-state index in [0.29, 0.717) is 25.2 Å². The van der Waals surface area contributed by atoms with E-state index in [2.05, 4.69) is 4.72 Å². The molecule has 5 nitrogen and oxygen atoms in total. The summed E-state index contributed by atoms with van der Waals surface area (Å²) in [6, 6.07) is 10.1. The molecule has 132 valence electrons. The molecule has 0 bridgehead atoms. The molecule has 2 aromatic carbocycles. The van der Waals surface area contributed by atoms with Gasteiger partial charge in [0.1, 0.15) is 10.7 Å². The molecule has 1 fully saturated rings. The first kappa shape index (κ1) is 17.7. The van der Waals surface area contributed by atoms with Crippen molar-refractivity contribution in [3.8, 4) is 0 Å². The van der Waals surface area contributed by atoms with Crippen LogP contribution in [0.1, 0.15) is 18.4 Å². The number of hydrogen-bond donors (Lipinski definition) is 1. The van der Waals surface area contributed by atoms with Gasteiger partial charge in [-0.05, 0) is 42.3 Å². The summed E-state index contributed by atoms with van der Waals surface area (Å²) in [6.07, 6.45) is 1.38. The Morgan fingerprint density at radius 3 is 2.68 bits per heavy atom. The Labute approximate surface area is 150 Å². The van der Waals surface area contributed by atoms with Crippen LogP contribution in [0.15, 0.2) is 47.4 Å². The number of anilines is 1. The summed E-state index contributed by atoms with van der Waals surface area (Å²) in [5, 5.41) is 0.119. The number of nitrogens with one attached hydrogen (secondary N) is 1. The number of benzene rings is 2. The third-order valence-electron chi connectivity index (χ3n) is 3.91. The Morgan fingerprint density at radius 1 is 1.20 bits per heavy atom. The van der Waals surface area contributed by atoms with Crippen LogP contribution in [-0.4, -0.2) is 25.8 Å². The fourth-order valence-corrected chi connectivity index (χ4v) is 4.00. The second-order valence-electron chi connectivity index (χ2n) is 5.80. The van der Waals surface area contributed by atoms with Crippen molar-refractivity contribution in [1.82, 2.24) is 4.90 Å². The molecule has 0 atom stereocenters. The minimum absolute atomic E-state index is 0.0919. The van der Waals surface area contributed by atoms with Crippen LogP contribution in [0, 0.1) is 5.82 Å². The van der Waals surface area contributed by atoms with Crippen molar-refractivity contribution in [2.24, 2.45) is 0 Å². The van der Waals surface area contributed by atoms with Gasteiger partial charge in [-0.3, -0.25) is 9.52 Å². The lowest BCUT2D eigenvalue weighted by molar-refractivity contribution is -0.128. The molecule has 1 amide bonds. The zero-order valence-corrected chi connectivity index (χ0v) is 14.8. The third kappa shape index (κ3) is 4.11. The lowest BCUT2D eigenvalue weighted by Crippen LogP contribution is -2.23. The number of amides is 1. The number of sulfonamides is 1. The highest BCUT2D eigenvalue weighted by Crippen LogP contribution is 2.23. The maximum Gasteiger partial charge on any atom is 0.264 e. The van der Waals surface area contributed by atoms with Gasteiger partial charge in [-0.25, -0.2) is 12.8 Å². The maximum atomic E-state index is 13.9. The molecule has 1 heterocycles. The van der Waals surface area contributed by atoms with E-state index in [0.717, 1.165) is 24.1 Å². The monoisotopic (exact) mass is 382 g/mol. The van der Waals surface area contributed by atoms with E-state index in [4.69, 9.17) is 11.6 Å². The van der Waals surface area contributed by atoms with E-state index in [1.165, 1.54) is 6.07 Å². The van der Waals surface area contributed by atoms with Gasteiger partial charge in [0.2, 0.25) is 5.91 Å². The summed E-state index contributed by atoms with van der Waals surface area (Å²) in [5.74, 6) is -0.826. The van der Waals surface area contributed by atoms with Crippen LogP contribution in [0.5, 0.6) is 0 Å². The fraction of sp³-hybridized carbons (Fsp3) is 0.235. The number of likely N-dealkylation sites (tertiary alicyclic amines) is 1. The lowest BCUT2D eigenvalue weighted by Gasteiger charge is -2.16. The molecule has 0 unspecified atom stereocenters. The van der Waals surface area contributed by atoms with Crippen molar-refractivity contribution < 1.29 is 17.6 Å². The average molecular weight is 383 g/mol. The zero-order chi connectivity index (χ0) is 18.0. The molecule has 1 saturated heterocycles. The summed E-state index contributed by atoms with van der Waals surface area (Å²) in [5.41, 5.74) is 1.10. The van der Waals surface area contributed by atoms with Gasteiger partial charge in [-0.1, -0.05) is 23.7 Å². The van der Waals surface area contributed by atoms with Crippen molar-refractivity contribution in [3.05, 3.63) is 58.9 Å². The van der Waals surface area contributed by atoms with Gasteiger partial charge >= 0.3 is 0 Å². The van der Waals surface area contributed by atoms with Gasteiger partial charge in [0.05, 0.1) is 0 Å². The van der Waals surface area contributed by atoms with Gasteiger partial charge in [-0.15, -0.1) is 0 Å². The highest BCUT2D eigenvalue weighted by Gasteiger charge is 2.21. The molecule has 1 N–H and O–H groups in total. The van der Waals surface area contributed by atoms with Gasteiger partial charge in [-0.2, -0.15) is 0 Å². The standard InChI is InChI=1S/C17H16ClFN2O3S/c18-13-6-7-16(15(19)10-13)25(23,24)20-14-4-1-3-12(9-14)11-21-8-2-5-17(21)22/h1,3-4,6-7,9-10,20H,2,5,8,11H2. The molecule has 0 saturated carbocycles. The minimum atomic E-state index is -4.08. The molecule has 0 radical (unpaired) electrons. The van der Waals surface area contributed by atoms with E-state index >= 15 is 0 Å². The van der Waals surface area contributed by atoms with Crippen molar-refractivity contribution in [1.29, 1.82) is 0 Å². The minimum Gasteiger partial charge on any atom is -0.338 e. The molecule has 2 aromatic rings. The van der Waals surface area contributed by atoms with E-state index in [-0.39, 0.29) is 10.9 Å². The molecular weight excluding hydrogens is 367 g/mol. The molecule has 1 aliphatic rings. The summed E-state index contributed by atoms with van der Waals surface area (Å²) in [6.45, 7) is 1.12. The summed E-state index contributed by atoms with van der Waals surface area (Å²) >= 11 is 5.65. The second kappa shape index (κ2) is 7.01. The van der Waals surface area contributed by atoms with Crippen molar-refractivity contribution in [2.75, 3.05) is 11.3 Å². The molecule has 25 heavy (non-hydrogen) atoms. The summed E-state index contributed by atoms with van der Waals surface area (Å²) < 4.78 is 41.0. The normalized spacial score (nSPS) is 14.8. The fourth-order valence-electron chi connectivity index (χ4n) is 2.73. The van der Waals surface area contributed by atoms with E-state index in [9.17, 15) is 17.6 Å². The van der Waals surface area contributed by atoms with Crippen LogP contribution in [0.25, 0.3) is 0 Å². The molecule has 3 rings (SSSR count). The highest BCUT2D eigenvalue weighted by molar-refractivity contribution is 7.92. The Hall–Kier alpha value is -2.12. The topological polar surface area (TPSA) is 66.5 Å². The lowest BCUT2D eigenvalue weighted by atomic mass is 10.2. The largest absolute Gasteiger partial charge is 0.338 e. The molecular formula is C17H16ClFN2O3S. The molecule has 0 aromatic heterocycles. The quantitative estimate of drug-likeness (QED) is 0.861. The molecule has 0 aliphatic carbocycles. The predicted octanol–water partition coefficient (Wildman–Crippen LogP) is 3.40. The summed E-state index contributed by atoms with van der Waals surface area (Å²) in [7, 11) is -4.08. The van der Waals surface area contributed by atoms with Gasteiger partial charge in [0.25, 0.3) is 10.0 Å². The average Bonchev–Trinajstić information content (AvgIpc) is 2.92. The molecule has 0 spiro atoms. The predicted molar refractivity (Wildman–Crippen MR) is 93.3 cm³/mol. The third-order valence-corrected chi connectivity index (χ3v) is 5.56. The Morgan fingerprint density at radius 2 is 2.00 bits per heavy atom. The van der Waals surface area contributed by atoms with Gasteiger partial charge in [0.15, 0.2) is 0 Å². The Balaban J connectivity index is 1.80. The van der Waals surface area contributed by atoms with Gasteiger partial charge in [0, 0.05) is 30.2 Å². The number of carbonyl (C=O) groups excluding carboxylic acids is 1. The smallest absolute Gasteiger partial charge is 0.264 e. The van der Waals surface area contributed by atoms with Crippen molar-refractivity contribution >= 4 is 33.2 Å². The first-order valence-corrected chi connectivity index (χ1v) is 9.56. The highest BCUT2D eigenvalue weighted by atomic mass is 35.5. The first-order valence-electron chi connectivity index (χ1n) is 7.70. The van der Waals surface area contributed by atoms with Crippen LogP contribution in [0.3, 0.4) is 0 Å². The second-order valence-corrected chi connectivity index (χ2v) is 7.89. The maximum absolute atomic E-state index is 13.9. The van der Waals surface area contributed by atoms with Crippen LogP contribution in [0.4, 0.5) is 10.1 Å². The van der Waals surface area contributed by atoms with Crippen LogP contribution in [-0.2, 0) is 21.4 Å². The van der Waals surface area contributed by atoms with E-state index in [1.54, 1.807) is 23.1 Å². The first-order chi connectivity index (χ1) is 11.8. The Bertz CT molecular complexity index is 918. The Kier molecular flexibility index (Phi) is 4.96. The number of halogens is 2.